The number of alkyl halides is 6. The third-order valence-corrected chi connectivity index (χ3v) is 3.56. The maximum absolute atomic E-state index is 13.1. The van der Waals surface area contributed by atoms with E-state index in [-0.39, 0.29) is 71.9 Å². The molecule has 0 spiro atoms. The second-order valence-corrected chi connectivity index (χ2v) is 5.29. The van der Waals surface area contributed by atoms with Gasteiger partial charge in [-0.05, 0) is 24.6 Å². The van der Waals surface area contributed by atoms with Crippen molar-refractivity contribution < 1.29 is 43.8 Å². The molecule has 1 atom stereocenters. The molecule has 0 aliphatic carbocycles. The first-order valence-corrected chi connectivity index (χ1v) is 6.85. The Morgan fingerprint density at radius 3 is 2.40 bits per heavy atom. The third kappa shape index (κ3) is 5.90. The first-order chi connectivity index (χ1) is 11.0. The van der Waals surface area contributed by atoms with Gasteiger partial charge in [0.1, 0.15) is 6.61 Å². The van der Waals surface area contributed by atoms with Gasteiger partial charge < -0.3 is 17.6 Å². The Morgan fingerprint density at radius 2 is 1.88 bits per heavy atom. The molecule has 0 aromatic heterocycles. The van der Waals surface area contributed by atoms with E-state index in [1.165, 1.54) is 4.90 Å². The van der Waals surface area contributed by atoms with Gasteiger partial charge >= 0.3 is 56.1 Å². The first kappa shape index (κ1) is 22.3. The molecule has 2 rings (SSSR count). The van der Waals surface area contributed by atoms with E-state index in [0.29, 0.717) is 6.07 Å². The normalized spacial score (nSPS) is 18.2. The van der Waals surface area contributed by atoms with Crippen molar-refractivity contribution in [2.24, 2.45) is 0 Å². The summed E-state index contributed by atoms with van der Waals surface area (Å²) in [5, 5.41) is 8.52. The minimum Gasteiger partial charge on any atom is -1.00 e. The van der Waals surface area contributed by atoms with E-state index in [1.54, 1.807) is 0 Å². The molecule has 0 saturated carbocycles. The molecule has 0 amide bonds. The van der Waals surface area contributed by atoms with E-state index in [1.807, 2.05) is 0 Å². The van der Waals surface area contributed by atoms with Crippen LogP contribution in [0.4, 0.5) is 32.0 Å². The third-order valence-electron chi connectivity index (χ3n) is 3.56. The number of benzene rings is 1. The van der Waals surface area contributed by atoms with Gasteiger partial charge in [-0.2, -0.15) is 26.3 Å². The molecular formula is C14H15CaF6NO3. The van der Waals surface area contributed by atoms with Crippen LogP contribution in [0.15, 0.2) is 18.2 Å². The molecule has 0 radical (unpaired) electrons. The molecule has 11 heteroatoms. The van der Waals surface area contributed by atoms with Crippen LogP contribution in [0.25, 0.3) is 0 Å². The Kier molecular flexibility index (Phi) is 7.43. The average molecular weight is 399 g/mol. The van der Waals surface area contributed by atoms with Gasteiger partial charge in [0.15, 0.2) is 0 Å². The minimum atomic E-state index is -4.95. The Hall–Kier alpha value is -0.710. The van der Waals surface area contributed by atoms with Gasteiger partial charge in [-0.1, -0.05) is 0 Å². The van der Waals surface area contributed by atoms with Crippen molar-refractivity contribution in [2.45, 2.75) is 24.9 Å². The van der Waals surface area contributed by atoms with E-state index in [0.717, 1.165) is 6.07 Å². The second kappa shape index (κ2) is 8.32. The summed E-state index contributed by atoms with van der Waals surface area (Å²) in [4.78, 5) is 11.7. The minimum absolute atomic E-state index is 0. The van der Waals surface area contributed by atoms with Crippen LogP contribution >= 0.6 is 0 Å². The second-order valence-electron chi connectivity index (χ2n) is 5.29. The van der Waals surface area contributed by atoms with E-state index in [2.05, 4.69) is 0 Å². The molecule has 138 valence electrons. The Morgan fingerprint density at radius 1 is 1.24 bits per heavy atom. The molecule has 1 aromatic carbocycles. The number of halogens is 6. The van der Waals surface area contributed by atoms with Gasteiger partial charge in [0.25, 0.3) is 0 Å². The fourth-order valence-corrected chi connectivity index (χ4v) is 2.49. The number of carboxylic acid groups (broad SMARTS) is 1. The van der Waals surface area contributed by atoms with Crippen LogP contribution in [0.5, 0.6) is 0 Å². The standard InChI is InChI=1S/C14H13F6NO3.Ca.2H/c15-13(16,17)8-1-2-11(10(5-8)14(18,19)20)21-4-3-9(6-21)24-7-12(22)23;;;/h1-2,5,9H,3-4,6-7H2,(H,22,23);;;/q;+2;2*-1. The van der Waals surface area contributed by atoms with Gasteiger partial charge in [-0.3, -0.25) is 0 Å². The summed E-state index contributed by atoms with van der Waals surface area (Å²) >= 11 is 0. The molecular weight excluding hydrogens is 384 g/mol. The van der Waals surface area contributed by atoms with Crippen LogP contribution in [0.3, 0.4) is 0 Å². The predicted octanol–water partition coefficient (Wildman–Crippen LogP) is 3.25. The summed E-state index contributed by atoms with van der Waals surface area (Å²) in [5.74, 6) is -1.21. The molecule has 1 aromatic rings. The molecule has 0 bridgehead atoms. The number of carboxylic acids is 1. The maximum atomic E-state index is 13.1. The number of carbonyl (C=O) groups is 1. The van der Waals surface area contributed by atoms with Crippen molar-refractivity contribution in [3.63, 3.8) is 0 Å². The molecule has 1 heterocycles. The molecule has 1 aliphatic rings. The summed E-state index contributed by atoms with van der Waals surface area (Å²) in [6.45, 7) is -0.488. The zero-order valence-corrected chi connectivity index (χ0v) is 15.0. The predicted molar refractivity (Wildman–Crippen MR) is 78.6 cm³/mol. The number of nitrogens with zero attached hydrogens (tertiary/aromatic N) is 1. The van der Waals surface area contributed by atoms with Crippen molar-refractivity contribution >= 4 is 49.4 Å². The van der Waals surface area contributed by atoms with Gasteiger partial charge in [0.05, 0.1) is 17.2 Å². The molecule has 1 aliphatic heterocycles. The fourth-order valence-electron chi connectivity index (χ4n) is 2.49. The van der Waals surface area contributed by atoms with Crippen LogP contribution in [-0.4, -0.2) is 74.6 Å². The number of anilines is 1. The quantitative estimate of drug-likeness (QED) is 0.624. The van der Waals surface area contributed by atoms with Gasteiger partial charge in [0.2, 0.25) is 0 Å². The van der Waals surface area contributed by atoms with Crippen LogP contribution < -0.4 is 4.90 Å². The van der Waals surface area contributed by atoms with Crippen LogP contribution in [0, 0.1) is 0 Å². The van der Waals surface area contributed by atoms with E-state index in [9.17, 15) is 31.1 Å². The summed E-state index contributed by atoms with van der Waals surface area (Å²) in [7, 11) is 0. The van der Waals surface area contributed by atoms with Gasteiger partial charge in [0, 0.05) is 18.8 Å². The summed E-state index contributed by atoms with van der Waals surface area (Å²) < 4.78 is 82.3. The zero-order valence-electron chi connectivity index (χ0n) is 14.8. The molecule has 25 heavy (non-hydrogen) atoms. The smallest absolute Gasteiger partial charge is 1.00 e. The monoisotopic (exact) mass is 399 g/mol. The number of aliphatic carboxylic acids is 1. The zero-order chi connectivity index (χ0) is 18.1. The van der Waals surface area contributed by atoms with E-state index in [4.69, 9.17) is 9.84 Å². The Labute approximate surface area is 171 Å². The van der Waals surface area contributed by atoms with Crippen molar-refractivity contribution in [3.05, 3.63) is 29.3 Å². The van der Waals surface area contributed by atoms with Crippen molar-refractivity contribution in [3.8, 4) is 0 Å². The van der Waals surface area contributed by atoms with Crippen molar-refractivity contribution in [1.82, 2.24) is 0 Å². The van der Waals surface area contributed by atoms with Gasteiger partial charge in [-0.25, -0.2) is 4.79 Å². The summed E-state index contributed by atoms with van der Waals surface area (Å²) in [5.41, 5.74) is -3.13. The Bertz CT molecular complexity index is 630. The van der Waals surface area contributed by atoms with Crippen molar-refractivity contribution in [1.29, 1.82) is 0 Å². The van der Waals surface area contributed by atoms with Crippen LogP contribution in [0.1, 0.15) is 20.4 Å². The molecule has 1 fully saturated rings. The average Bonchev–Trinajstić information content (AvgIpc) is 2.91. The topological polar surface area (TPSA) is 49.8 Å². The molecule has 1 N–H and O–H groups in total. The van der Waals surface area contributed by atoms with E-state index < -0.39 is 42.2 Å². The van der Waals surface area contributed by atoms with Gasteiger partial charge in [-0.15, -0.1) is 0 Å². The SMILES string of the molecule is O=C(O)COC1CCN(c2ccc(C(F)(F)F)cc2C(F)(F)F)C1.[Ca+2].[H-].[H-]. The van der Waals surface area contributed by atoms with Crippen LogP contribution in [-0.2, 0) is 21.9 Å². The number of ether oxygens (including phenoxy) is 1. The molecule has 1 saturated heterocycles. The summed E-state index contributed by atoms with van der Waals surface area (Å²) in [6, 6.07) is 1.46. The molecule has 1 unspecified atom stereocenters. The Balaban J connectivity index is 0. The molecule has 4 nitrogen and oxygen atoms in total. The summed E-state index contributed by atoms with van der Waals surface area (Å²) in [6.07, 6.45) is -10.1. The maximum Gasteiger partial charge on any atom is 2.00 e. The number of hydrogen-bond donors (Lipinski definition) is 1. The first-order valence-electron chi connectivity index (χ1n) is 6.85. The number of hydrogen-bond acceptors (Lipinski definition) is 3. The van der Waals surface area contributed by atoms with E-state index >= 15 is 0 Å². The van der Waals surface area contributed by atoms with Crippen molar-refractivity contribution in [2.75, 3.05) is 24.6 Å². The van der Waals surface area contributed by atoms with Crippen LogP contribution in [0.2, 0.25) is 0 Å². The largest absolute Gasteiger partial charge is 2.00 e. The fraction of sp³-hybridized carbons (Fsp3) is 0.500. The number of rotatable bonds is 4.